The van der Waals surface area contributed by atoms with Gasteiger partial charge in [0.2, 0.25) is 11.8 Å². The number of hydrogen-bond acceptors (Lipinski definition) is 8. The normalized spacial score (nSPS) is 29.9. The molecule has 4 amide bonds. The molecule has 0 unspecified atom stereocenters. The van der Waals surface area contributed by atoms with Crippen LogP contribution in [0.25, 0.3) is 0 Å². The van der Waals surface area contributed by atoms with E-state index in [1.807, 2.05) is 9.80 Å². The van der Waals surface area contributed by atoms with Gasteiger partial charge in [0, 0.05) is 65.2 Å². The van der Waals surface area contributed by atoms with Gasteiger partial charge in [0.25, 0.3) is 0 Å². The van der Waals surface area contributed by atoms with Crippen molar-refractivity contribution in [1.82, 2.24) is 19.6 Å². The average molecular weight is 703 g/mol. The molecule has 0 radical (unpaired) electrons. The second-order valence-electron chi connectivity index (χ2n) is 15.9. The standard InChI is InChI=1S/C38H66N6O6/c39-17-15-29-7-11-31(12-8-29)27-35(45)41-19-23-43(24-20-41)37(47)49-33-3-1-4-34(6-2-5-33)50-38(48)44-25-21-42(22-26-44)36(46)28-32-13-9-30(10-14-32)16-18-40/h29-34H,1-28,39-40H2. The SMILES string of the molecule is NCCC1CCC(CC(=O)N2CCN(C(=O)OC3CCCC(OC(=O)N4CCN(C(=O)CC5CCC(CCN)CC5)CC4)CCC3)CC2)CC1. The van der Waals surface area contributed by atoms with E-state index in [1.165, 1.54) is 25.7 Å². The molecule has 0 aromatic carbocycles. The lowest BCUT2D eigenvalue weighted by molar-refractivity contribution is -0.134. The smallest absolute Gasteiger partial charge is 0.410 e. The van der Waals surface area contributed by atoms with Crippen LogP contribution in [0.1, 0.15) is 116 Å². The Kier molecular flexibility index (Phi) is 15.3. The molecule has 3 saturated carbocycles. The van der Waals surface area contributed by atoms with Gasteiger partial charge in [0.15, 0.2) is 0 Å². The number of piperazine rings is 2. The number of ether oxygens (including phenoxy) is 2. The van der Waals surface area contributed by atoms with E-state index in [1.54, 1.807) is 9.80 Å². The van der Waals surface area contributed by atoms with Crippen LogP contribution < -0.4 is 11.5 Å². The molecule has 5 rings (SSSR count). The summed E-state index contributed by atoms with van der Waals surface area (Å²) < 4.78 is 11.9. The highest BCUT2D eigenvalue weighted by Gasteiger charge is 2.32. The van der Waals surface area contributed by atoms with Crippen LogP contribution in [0.3, 0.4) is 0 Å². The summed E-state index contributed by atoms with van der Waals surface area (Å²) in [5.74, 6) is 2.83. The van der Waals surface area contributed by atoms with Gasteiger partial charge in [-0.3, -0.25) is 9.59 Å². The molecule has 0 bridgehead atoms. The summed E-state index contributed by atoms with van der Waals surface area (Å²) in [5, 5.41) is 0. The van der Waals surface area contributed by atoms with Gasteiger partial charge in [0.1, 0.15) is 12.2 Å². The van der Waals surface area contributed by atoms with Crippen molar-refractivity contribution in [3.05, 3.63) is 0 Å². The van der Waals surface area contributed by atoms with E-state index < -0.39 is 0 Å². The average Bonchev–Trinajstić information content (AvgIpc) is 3.12. The van der Waals surface area contributed by atoms with E-state index in [2.05, 4.69) is 0 Å². The van der Waals surface area contributed by atoms with E-state index in [0.717, 1.165) is 102 Å². The molecule has 3 aliphatic carbocycles. The van der Waals surface area contributed by atoms with Crippen LogP contribution in [-0.4, -0.2) is 121 Å². The van der Waals surface area contributed by atoms with Gasteiger partial charge in [-0.2, -0.15) is 0 Å². The molecule has 284 valence electrons. The molecule has 50 heavy (non-hydrogen) atoms. The zero-order valence-corrected chi connectivity index (χ0v) is 30.7. The van der Waals surface area contributed by atoms with E-state index in [9.17, 15) is 19.2 Å². The topological polar surface area (TPSA) is 152 Å². The summed E-state index contributed by atoms with van der Waals surface area (Å²) in [5.41, 5.74) is 11.4. The fraction of sp³-hybridized carbons (Fsp3) is 0.895. The van der Waals surface area contributed by atoms with Crippen LogP contribution in [-0.2, 0) is 19.1 Å². The lowest BCUT2D eigenvalue weighted by atomic mass is 9.79. The minimum Gasteiger partial charge on any atom is -0.446 e. The highest BCUT2D eigenvalue weighted by molar-refractivity contribution is 5.77. The van der Waals surface area contributed by atoms with Crippen molar-refractivity contribution in [2.75, 3.05) is 65.4 Å². The predicted molar refractivity (Wildman–Crippen MR) is 192 cm³/mol. The number of nitrogens with two attached hydrogens (primary N) is 2. The van der Waals surface area contributed by atoms with Crippen molar-refractivity contribution >= 4 is 24.0 Å². The summed E-state index contributed by atoms with van der Waals surface area (Å²) >= 11 is 0. The first-order chi connectivity index (χ1) is 24.3. The highest BCUT2D eigenvalue weighted by Crippen LogP contribution is 2.34. The molecule has 2 saturated heterocycles. The third kappa shape index (κ3) is 11.7. The Hall–Kier alpha value is -2.60. The lowest BCUT2D eigenvalue weighted by Gasteiger charge is -2.37. The van der Waals surface area contributed by atoms with Gasteiger partial charge in [0.05, 0.1) is 0 Å². The largest absolute Gasteiger partial charge is 0.446 e. The summed E-state index contributed by atoms with van der Waals surface area (Å²) in [7, 11) is 0. The van der Waals surface area contributed by atoms with Gasteiger partial charge >= 0.3 is 12.2 Å². The minimum absolute atomic E-state index is 0.139. The van der Waals surface area contributed by atoms with Crippen molar-refractivity contribution < 1.29 is 28.7 Å². The van der Waals surface area contributed by atoms with E-state index in [0.29, 0.717) is 77.0 Å². The Morgan fingerprint density at radius 1 is 0.440 bits per heavy atom. The molecule has 5 aliphatic rings. The third-order valence-electron chi connectivity index (χ3n) is 12.4. The minimum atomic E-state index is -0.281. The molecular formula is C38H66N6O6. The van der Waals surface area contributed by atoms with Gasteiger partial charge in [-0.05, 0) is 114 Å². The van der Waals surface area contributed by atoms with Crippen molar-refractivity contribution in [3.8, 4) is 0 Å². The van der Waals surface area contributed by atoms with Crippen molar-refractivity contribution in [3.63, 3.8) is 0 Å². The first-order valence-electron chi connectivity index (χ1n) is 20.2. The number of amides is 4. The van der Waals surface area contributed by atoms with E-state index in [-0.39, 0.29) is 36.2 Å². The van der Waals surface area contributed by atoms with Crippen molar-refractivity contribution in [1.29, 1.82) is 0 Å². The third-order valence-corrected chi connectivity index (χ3v) is 12.4. The Balaban J connectivity index is 0.925. The number of nitrogens with zero attached hydrogens (tertiary/aromatic N) is 4. The monoisotopic (exact) mass is 703 g/mol. The number of rotatable bonds is 10. The zero-order valence-electron chi connectivity index (χ0n) is 30.7. The highest BCUT2D eigenvalue weighted by atomic mass is 16.6. The Bertz CT molecular complexity index is 986. The molecule has 2 aliphatic heterocycles. The van der Waals surface area contributed by atoms with Crippen LogP contribution in [0.4, 0.5) is 9.59 Å². The lowest BCUT2D eigenvalue weighted by Crippen LogP contribution is -2.51. The van der Waals surface area contributed by atoms with Gasteiger partial charge < -0.3 is 40.5 Å². The fourth-order valence-corrected chi connectivity index (χ4v) is 9.05. The number of carbonyl (C=O) groups is 4. The van der Waals surface area contributed by atoms with E-state index in [4.69, 9.17) is 20.9 Å². The van der Waals surface area contributed by atoms with Crippen molar-refractivity contribution in [2.45, 2.75) is 128 Å². The molecule has 0 spiro atoms. The molecule has 4 N–H and O–H groups in total. The molecular weight excluding hydrogens is 636 g/mol. The summed E-state index contributed by atoms with van der Waals surface area (Å²) in [6.07, 6.45) is 16.4. The molecule has 5 fully saturated rings. The first-order valence-corrected chi connectivity index (χ1v) is 20.2. The second kappa shape index (κ2) is 19.9. The Morgan fingerprint density at radius 2 is 0.740 bits per heavy atom. The predicted octanol–water partition coefficient (Wildman–Crippen LogP) is 4.73. The van der Waals surface area contributed by atoms with Crippen LogP contribution in [0.5, 0.6) is 0 Å². The van der Waals surface area contributed by atoms with E-state index >= 15 is 0 Å². The molecule has 0 aromatic heterocycles. The summed E-state index contributed by atoms with van der Waals surface area (Å²) in [6.45, 7) is 5.81. The van der Waals surface area contributed by atoms with Crippen LogP contribution in [0.15, 0.2) is 0 Å². The molecule has 12 heteroatoms. The molecule has 12 nitrogen and oxygen atoms in total. The fourth-order valence-electron chi connectivity index (χ4n) is 9.05. The summed E-state index contributed by atoms with van der Waals surface area (Å²) in [4.78, 5) is 59.3. The Morgan fingerprint density at radius 3 is 1.06 bits per heavy atom. The van der Waals surface area contributed by atoms with Crippen molar-refractivity contribution in [2.24, 2.45) is 35.1 Å². The number of hydrogen-bond donors (Lipinski definition) is 2. The second-order valence-corrected chi connectivity index (χ2v) is 15.9. The maximum atomic E-state index is 13.0. The van der Waals surface area contributed by atoms with Crippen LogP contribution >= 0.6 is 0 Å². The molecule has 2 heterocycles. The molecule has 0 atom stereocenters. The van der Waals surface area contributed by atoms with Crippen LogP contribution in [0, 0.1) is 23.7 Å². The zero-order chi connectivity index (χ0) is 35.3. The quantitative estimate of drug-likeness (QED) is 0.332. The number of carbonyl (C=O) groups excluding carboxylic acids is 4. The maximum absolute atomic E-state index is 13.0. The van der Waals surface area contributed by atoms with Crippen LogP contribution in [0.2, 0.25) is 0 Å². The van der Waals surface area contributed by atoms with Gasteiger partial charge in [-0.1, -0.05) is 25.7 Å². The Labute approximate surface area is 300 Å². The maximum Gasteiger partial charge on any atom is 0.410 e. The first kappa shape index (κ1) is 38.6. The molecule has 0 aromatic rings. The summed E-state index contributed by atoms with van der Waals surface area (Å²) in [6, 6.07) is 0. The van der Waals surface area contributed by atoms with Gasteiger partial charge in [-0.25, -0.2) is 9.59 Å². The van der Waals surface area contributed by atoms with Gasteiger partial charge in [-0.15, -0.1) is 0 Å².